The van der Waals surface area contributed by atoms with E-state index in [9.17, 15) is 0 Å². The molecule has 0 aliphatic carbocycles. The molecule has 0 spiro atoms. The molecule has 0 aromatic carbocycles. The maximum atomic E-state index is 4.51. The number of fused-ring (bicyclic) bond motifs is 2. The Morgan fingerprint density at radius 2 is 1.16 bits per heavy atom. The molecule has 0 saturated carbocycles. The standard InChI is InChI=1S/2C13H19N3/c1-7(2)12-11(6)15-16-13(12)9(4)8(3)10(5)14-16;1-7(2)12-13-10(5)8(3)9(4)11(6)16(13)15-14-12/h2*7H,1-6H3. The molecule has 6 nitrogen and oxygen atoms in total. The molecule has 172 valence electrons. The van der Waals surface area contributed by atoms with E-state index in [1.807, 2.05) is 11.4 Å². The second-order valence-corrected chi connectivity index (χ2v) is 9.68. The second-order valence-electron chi connectivity index (χ2n) is 9.68. The van der Waals surface area contributed by atoms with Crippen LogP contribution in [0.3, 0.4) is 0 Å². The van der Waals surface area contributed by atoms with E-state index in [0.717, 1.165) is 17.1 Å². The van der Waals surface area contributed by atoms with E-state index in [1.54, 1.807) is 4.63 Å². The molecule has 0 atom stereocenters. The lowest BCUT2D eigenvalue weighted by Gasteiger charge is -2.12. The summed E-state index contributed by atoms with van der Waals surface area (Å²) in [5.41, 5.74) is 14.7. The largest absolute Gasteiger partial charge is 0.217 e. The van der Waals surface area contributed by atoms with Crippen LogP contribution in [0, 0.1) is 55.4 Å². The van der Waals surface area contributed by atoms with Gasteiger partial charge in [0.05, 0.1) is 28.1 Å². The first-order valence-corrected chi connectivity index (χ1v) is 11.5. The van der Waals surface area contributed by atoms with Crippen LogP contribution in [0.15, 0.2) is 0 Å². The van der Waals surface area contributed by atoms with Crippen molar-refractivity contribution in [2.75, 3.05) is 0 Å². The molecule has 0 aliphatic heterocycles. The van der Waals surface area contributed by atoms with E-state index in [4.69, 9.17) is 0 Å². The first-order valence-electron chi connectivity index (χ1n) is 11.5. The molecule has 0 saturated heterocycles. The number of nitrogens with zero attached hydrogens (tertiary/aromatic N) is 6. The summed E-state index contributed by atoms with van der Waals surface area (Å²) in [5, 5.41) is 17.6. The average Bonchev–Trinajstić information content (AvgIpc) is 3.31. The first kappa shape index (κ1) is 23.9. The lowest BCUT2D eigenvalue weighted by atomic mass is 9.98. The molecular weight excluding hydrogens is 396 g/mol. The third kappa shape index (κ3) is 3.80. The Kier molecular flexibility index (Phi) is 6.45. The van der Waals surface area contributed by atoms with Crippen LogP contribution in [0.1, 0.15) is 95.7 Å². The van der Waals surface area contributed by atoms with Gasteiger partial charge in [0.1, 0.15) is 0 Å². The zero-order chi connectivity index (χ0) is 24.1. The molecule has 0 radical (unpaired) electrons. The minimum absolute atomic E-state index is 0.415. The first-order chi connectivity index (χ1) is 14.9. The number of rotatable bonds is 2. The molecule has 4 heterocycles. The Balaban J connectivity index is 0.000000181. The highest BCUT2D eigenvalue weighted by Crippen LogP contribution is 2.28. The number of aryl methyl sites for hydroxylation is 5. The molecule has 0 aliphatic rings. The van der Waals surface area contributed by atoms with E-state index >= 15 is 0 Å². The second kappa shape index (κ2) is 8.64. The highest BCUT2D eigenvalue weighted by Gasteiger charge is 2.18. The monoisotopic (exact) mass is 434 g/mol. The van der Waals surface area contributed by atoms with Gasteiger partial charge in [-0.15, -0.1) is 5.10 Å². The highest BCUT2D eigenvalue weighted by atomic mass is 15.4. The van der Waals surface area contributed by atoms with E-state index < -0.39 is 0 Å². The van der Waals surface area contributed by atoms with Crippen molar-refractivity contribution in [3.63, 3.8) is 0 Å². The van der Waals surface area contributed by atoms with Crippen LogP contribution in [0.5, 0.6) is 0 Å². The zero-order valence-electron chi connectivity index (χ0n) is 21.8. The third-order valence-corrected chi connectivity index (χ3v) is 6.96. The Hall–Kier alpha value is -2.76. The van der Waals surface area contributed by atoms with Crippen LogP contribution >= 0.6 is 0 Å². The van der Waals surface area contributed by atoms with Gasteiger partial charge >= 0.3 is 0 Å². The summed E-state index contributed by atoms with van der Waals surface area (Å²) in [6, 6.07) is 0. The minimum atomic E-state index is 0.415. The topological polar surface area (TPSA) is 60.4 Å². The number of pyridine rings is 1. The van der Waals surface area contributed by atoms with Gasteiger partial charge in [0.15, 0.2) is 0 Å². The zero-order valence-corrected chi connectivity index (χ0v) is 21.8. The van der Waals surface area contributed by atoms with Gasteiger partial charge < -0.3 is 0 Å². The maximum Gasteiger partial charge on any atom is 0.0942 e. The molecule has 0 N–H and O–H groups in total. The summed E-state index contributed by atoms with van der Waals surface area (Å²) in [6.07, 6.45) is 0. The van der Waals surface area contributed by atoms with Crippen LogP contribution in [0.4, 0.5) is 0 Å². The van der Waals surface area contributed by atoms with Crippen LogP contribution < -0.4 is 0 Å². The Labute approximate surface area is 192 Å². The predicted molar refractivity (Wildman–Crippen MR) is 132 cm³/mol. The van der Waals surface area contributed by atoms with Gasteiger partial charge in [-0.3, -0.25) is 0 Å². The summed E-state index contributed by atoms with van der Waals surface area (Å²) in [6.45, 7) is 25.7. The SMILES string of the molecule is Cc1c(C)c(C)n2nnc(C(C)C)c2c1C.Cc1nn2nc(C)c(C(C)C)c2c(C)c1C. The van der Waals surface area contributed by atoms with Crippen molar-refractivity contribution in [2.45, 2.75) is 94.9 Å². The van der Waals surface area contributed by atoms with Gasteiger partial charge in [0.2, 0.25) is 0 Å². The van der Waals surface area contributed by atoms with Crippen LogP contribution in [-0.2, 0) is 0 Å². The van der Waals surface area contributed by atoms with Crippen molar-refractivity contribution < 1.29 is 0 Å². The fourth-order valence-electron chi connectivity index (χ4n) is 4.46. The van der Waals surface area contributed by atoms with Crippen LogP contribution in [0.2, 0.25) is 0 Å². The number of hydrogen-bond acceptors (Lipinski definition) is 4. The highest BCUT2D eigenvalue weighted by molar-refractivity contribution is 5.65. The molecule has 0 unspecified atom stereocenters. The molecule has 0 amide bonds. The molecule has 6 heteroatoms. The van der Waals surface area contributed by atoms with Crippen LogP contribution in [0.25, 0.3) is 11.0 Å². The molecule has 32 heavy (non-hydrogen) atoms. The fraction of sp³-hybridized carbons (Fsp3) is 0.538. The van der Waals surface area contributed by atoms with E-state index in [-0.39, 0.29) is 0 Å². The van der Waals surface area contributed by atoms with Gasteiger partial charge in [0.25, 0.3) is 0 Å². The lowest BCUT2D eigenvalue weighted by Crippen LogP contribution is -2.03. The van der Waals surface area contributed by atoms with E-state index in [2.05, 4.69) is 96.7 Å². The quantitative estimate of drug-likeness (QED) is 0.378. The lowest BCUT2D eigenvalue weighted by molar-refractivity contribution is 0.761. The van der Waals surface area contributed by atoms with Gasteiger partial charge in [-0.2, -0.15) is 14.8 Å². The summed E-state index contributed by atoms with van der Waals surface area (Å²) in [7, 11) is 0. The summed E-state index contributed by atoms with van der Waals surface area (Å²) >= 11 is 0. The summed E-state index contributed by atoms with van der Waals surface area (Å²) in [5.74, 6) is 0.901. The van der Waals surface area contributed by atoms with Crippen molar-refractivity contribution in [1.29, 1.82) is 0 Å². The fourth-order valence-corrected chi connectivity index (χ4v) is 4.46. The molecule has 4 aromatic heterocycles. The molecule has 4 rings (SSSR count). The Morgan fingerprint density at radius 3 is 1.72 bits per heavy atom. The van der Waals surface area contributed by atoms with Gasteiger partial charge in [-0.25, -0.2) is 4.52 Å². The smallest absolute Gasteiger partial charge is 0.0942 e. The Morgan fingerprint density at radius 1 is 0.594 bits per heavy atom. The minimum Gasteiger partial charge on any atom is -0.217 e. The normalized spacial score (nSPS) is 11.7. The van der Waals surface area contributed by atoms with Gasteiger partial charge in [-0.1, -0.05) is 32.9 Å². The Bertz CT molecular complexity index is 1300. The van der Waals surface area contributed by atoms with Crippen molar-refractivity contribution in [2.24, 2.45) is 0 Å². The van der Waals surface area contributed by atoms with Crippen molar-refractivity contribution in [3.8, 4) is 0 Å². The predicted octanol–water partition coefficient (Wildman–Crippen LogP) is 6.17. The number of aromatic nitrogens is 6. The molecule has 0 bridgehead atoms. The van der Waals surface area contributed by atoms with Crippen molar-refractivity contribution in [1.82, 2.24) is 29.7 Å². The molecule has 4 aromatic rings. The van der Waals surface area contributed by atoms with Crippen molar-refractivity contribution in [3.05, 3.63) is 56.2 Å². The number of hydrogen-bond donors (Lipinski definition) is 0. The van der Waals surface area contributed by atoms with Crippen molar-refractivity contribution >= 4 is 11.0 Å². The van der Waals surface area contributed by atoms with Gasteiger partial charge in [-0.05, 0) is 95.0 Å². The molecule has 0 fully saturated rings. The molecular formula is C26H38N6. The van der Waals surface area contributed by atoms with Gasteiger partial charge in [0, 0.05) is 11.3 Å². The summed E-state index contributed by atoms with van der Waals surface area (Å²) in [4.78, 5) is 0. The summed E-state index contributed by atoms with van der Waals surface area (Å²) < 4.78 is 3.77. The average molecular weight is 435 g/mol. The third-order valence-electron chi connectivity index (χ3n) is 6.96. The van der Waals surface area contributed by atoms with E-state index in [0.29, 0.717) is 11.8 Å². The van der Waals surface area contributed by atoms with E-state index in [1.165, 1.54) is 50.1 Å². The van der Waals surface area contributed by atoms with Crippen LogP contribution in [-0.4, -0.2) is 29.7 Å². The maximum absolute atomic E-state index is 4.51.